The molecule has 0 unspecified atom stereocenters. The van der Waals surface area contributed by atoms with Gasteiger partial charge in [0.15, 0.2) is 0 Å². The Labute approximate surface area is 170 Å². The molecule has 0 atom stereocenters. The highest BCUT2D eigenvalue weighted by molar-refractivity contribution is 6.34. The van der Waals surface area contributed by atoms with Crippen LogP contribution in [0.15, 0.2) is 41.5 Å². The Bertz CT molecular complexity index is 1180. The second-order valence-electron chi connectivity index (χ2n) is 6.41. The number of hydrogen-bond acceptors (Lipinski definition) is 3. The normalized spacial score (nSPS) is 13.2. The summed E-state index contributed by atoms with van der Waals surface area (Å²) < 4.78 is 66.7. The molecule has 4 rings (SSSR count). The first-order valence-corrected chi connectivity index (χ1v) is 8.79. The Balaban J connectivity index is 1.63. The fraction of sp³-hybridized carbons (Fsp3) is 0.105. The number of carbonyl (C=O) groups excluding carboxylic acids is 1. The minimum absolute atomic E-state index is 0.0158. The lowest BCUT2D eigenvalue weighted by molar-refractivity contribution is -0.137. The lowest BCUT2D eigenvalue weighted by atomic mass is 10.0. The van der Waals surface area contributed by atoms with Crippen LogP contribution in [0.25, 0.3) is 0 Å². The molecule has 1 amide bonds. The Kier molecular flexibility index (Phi) is 4.81. The molecule has 0 fully saturated rings. The average molecular weight is 441 g/mol. The molecule has 1 aliphatic heterocycles. The van der Waals surface area contributed by atoms with Crippen LogP contribution in [-0.2, 0) is 12.6 Å². The molecule has 30 heavy (non-hydrogen) atoms. The smallest absolute Gasteiger partial charge is 0.319 e. The van der Waals surface area contributed by atoms with Crippen LogP contribution >= 0.6 is 11.6 Å². The molecule has 2 aromatic carbocycles. The number of alkyl halides is 3. The lowest BCUT2D eigenvalue weighted by Crippen LogP contribution is -2.17. The van der Waals surface area contributed by atoms with Crippen LogP contribution in [0.2, 0.25) is 5.02 Å². The van der Waals surface area contributed by atoms with Gasteiger partial charge in [-0.3, -0.25) is 9.89 Å². The van der Waals surface area contributed by atoms with Crippen molar-refractivity contribution in [1.82, 2.24) is 10.2 Å². The zero-order valence-corrected chi connectivity index (χ0v) is 15.5. The van der Waals surface area contributed by atoms with E-state index in [2.05, 4.69) is 20.5 Å². The average Bonchev–Trinajstić information content (AvgIpc) is 3.27. The number of benzene rings is 2. The Morgan fingerprint density at radius 3 is 2.53 bits per heavy atom. The fourth-order valence-corrected chi connectivity index (χ4v) is 3.36. The molecule has 3 aromatic rings. The summed E-state index contributed by atoms with van der Waals surface area (Å²) in [5.41, 5.74) is -0.770. The summed E-state index contributed by atoms with van der Waals surface area (Å²) in [7, 11) is 0. The van der Waals surface area contributed by atoms with Gasteiger partial charge in [0.05, 0.1) is 33.9 Å². The number of nitrogens with zero attached hydrogens (tertiary/aromatic N) is 2. The van der Waals surface area contributed by atoms with Gasteiger partial charge >= 0.3 is 6.18 Å². The van der Waals surface area contributed by atoms with E-state index in [0.29, 0.717) is 0 Å². The van der Waals surface area contributed by atoms with Gasteiger partial charge in [-0.2, -0.15) is 18.3 Å². The number of nitrogens with one attached hydrogen (secondary N) is 2. The minimum Gasteiger partial charge on any atom is -0.319 e. The van der Waals surface area contributed by atoms with Crippen LogP contribution in [0.1, 0.15) is 27.2 Å². The molecule has 2 heterocycles. The van der Waals surface area contributed by atoms with Crippen molar-refractivity contribution in [2.45, 2.75) is 12.6 Å². The van der Waals surface area contributed by atoms with Crippen LogP contribution < -0.4 is 5.32 Å². The van der Waals surface area contributed by atoms with Crippen LogP contribution in [0, 0.1) is 11.6 Å². The number of anilines is 1. The zero-order valence-electron chi connectivity index (χ0n) is 14.7. The second kappa shape index (κ2) is 7.21. The van der Waals surface area contributed by atoms with Crippen molar-refractivity contribution in [3.63, 3.8) is 0 Å². The number of aliphatic imine (C=N–C) groups is 1. The number of H-pyrrole nitrogens is 1. The van der Waals surface area contributed by atoms with Crippen LogP contribution in [0.3, 0.4) is 0 Å². The Morgan fingerprint density at radius 1 is 1.17 bits per heavy atom. The van der Waals surface area contributed by atoms with Crippen molar-refractivity contribution < 1.29 is 26.7 Å². The highest BCUT2D eigenvalue weighted by Crippen LogP contribution is 2.41. The topological polar surface area (TPSA) is 70.1 Å². The molecule has 0 aliphatic carbocycles. The molecule has 0 radical (unpaired) electrons. The number of rotatable bonds is 3. The number of halogens is 6. The molecule has 11 heteroatoms. The summed E-state index contributed by atoms with van der Waals surface area (Å²) in [6, 6.07) is 4.72. The summed E-state index contributed by atoms with van der Waals surface area (Å²) in [4.78, 5) is 16.6. The second-order valence-corrected chi connectivity index (χ2v) is 6.82. The van der Waals surface area contributed by atoms with Gasteiger partial charge < -0.3 is 5.32 Å². The molecule has 1 aromatic heterocycles. The van der Waals surface area contributed by atoms with Gasteiger partial charge in [0.1, 0.15) is 22.9 Å². The third-order valence-electron chi connectivity index (χ3n) is 4.44. The van der Waals surface area contributed by atoms with Crippen LogP contribution in [0.5, 0.6) is 0 Å². The van der Waals surface area contributed by atoms with Crippen LogP contribution in [-0.4, -0.2) is 21.8 Å². The van der Waals surface area contributed by atoms with E-state index in [9.17, 15) is 26.7 Å². The summed E-state index contributed by atoms with van der Waals surface area (Å²) in [6.45, 7) is 0. The van der Waals surface area contributed by atoms with Gasteiger partial charge in [0.2, 0.25) is 0 Å². The van der Waals surface area contributed by atoms with Gasteiger partial charge in [-0.15, -0.1) is 0 Å². The maximum absolute atomic E-state index is 13.8. The molecule has 0 spiro atoms. The number of fused-ring (bicyclic) bond motifs is 1. The number of hydrogen-bond donors (Lipinski definition) is 2. The van der Waals surface area contributed by atoms with E-state index >= 15 is 0 Å². The predicted octanol–water partition coefficient (Wildman–Crippen LogP) is 5.29. The number of carbonyl (C=O) groups is 1. The molecule has 0 bridgehead atoms. The van der Waals surface area contributed by atoms with E-state index in [-0.39, 0.29) is 39.8 Å². The SMILES string of the molecule is O=C(Nc1cn[nH]c1C1=Nc2c(Cl)cc(C(F)(F)F)cc2C1)c1c(F)cccc1F. The van der Waals surface area contributed by atoms with Gasteiger partial charge in [-0.05, 0) is 29.8 Å². The van der Waals surface area contributed by atoms with Crippen molar-refractivity contribution in [3.8, 4) is 0 Å². The van der Waals surface area contributed by atoms with Gasteiger partial charge in [-0.25, -0.2) is 13.8 Å². The van der Waals surface area contributed by atoms with Gasteiger partial charge in [0.25, 0.3) is 5.91 Å². The Hall–Kier alpha value is -3.27. The summed E-state index contributed by atoms with van der Waals surface area (Å²) in [5, 5.41) is 8.53. The first-order chi connectivity index (χ1) is 14.1. The summed E-state index contributed by atoms with van der Waals surface area (Å²) in [6.07, 6.45) is -3.39. The standard InChI is InChI=1S/C19H10ClF5N4O/c20-10-6-9(19(23,24)25)4-8-5-13(27-16(8)10)17-14(7-26-29-17)28-18(30)15-11(21)2-1-3-12(15)22/h1-4,6-7H,5H2,(H,26,29)(H,28,30). The van der Waals surface area contributed by atoms with E-state index in [1.54, 1.807) is 0 Å². The molecule has 154 valence electrons. The lowest BCUT2D eigenvalue weighted by Gasteiger charge is -2.09. The van der Waals surface area contributed by atoms with E-state index in [1.807, 2.05) is 0 Å². The summed E-state index contributed by atoms with van der Waals surface area (Å²) in [5.74, 6) is -3.15. The molecule has 2 N–H and O–H groups in total. The van der Waals surface area contributed by atoms with Crippen molar-refractivity contribution in [3.05, 3.63) is 75.6 Å². The van der Waals surface area contributed by atoms with E-state index in [4.69, 9.17) is 11.6 Å². The Morgan fingerprint density at radius 2 is 1.87 bits per heavy atom. The molecule has 0 saturated carbocycles. The molecule has 0 saturated heterocycles. The molecular formula is C19H10ClF5N4O. The maximum Gasteiger partial charge on any atom is 0.416 e. The van der Waals surface area contributed by atoms with E-state index < -0.39 is 34.8 Å². The van der Waals surface area contributed by atoms with Gasteiger partial charge in [0, 0.05) is 6.42 Å². The highest BCUT2D eigenvalue weighted by atomic mass is 35.5. The quantitative estimate of drug-likeness (QED) is 0.543. The zero-order chi connectivity index (χ0) is 21.6. The fourth-order valence-electron chi connectivity index (χ4n) is 3.08. The number of aromatic amines is 1. The van der Waals surface area contributed by atoms with Crippen molar-refractivity contribution in [2.75, 3.05) is 5.32 Å². The van der Waals surface area contributed by atoms with Crippen LogP contribution in [0.4, 0.5) is 33.3 Å². The summed E-state index contributed by atoms with van der Waals surface area (Å²) >= 11 is 5.96. The maximum atomic E-state index is 13.8. The molecular weight excluding hydrogens is 431 g/mol. The largest absolute Gasteiger partial charge is 0.416 e. The third-order valence-corrected chi connectivity index (χ3v) is 4.73. The van der Waals surface area contributed by atoms with Gasteiger partial charge in [-0.1, -0.05) is 17.7 Å². The van der Waals surface area contributed by atoms with Crippen molar-refractivity contribution in [1.29, 1.82) is 0 Å². The van der Waals surface area contributed by atoms with Crippen molar-refractivity contribution >= 4 is 34.6 Å². The first-order valence-electron chi connectivity index (χ1n) is 8.41. The first kappa shape index (κ1) is 20.0. The van der Waals surface area contributed by atoms with E-state index in [0.717, 1.165) is 30.3 Å². The number of amides is 1. The molecule has 5 nitrogen and oxygen atoms in total. The third kappa shape index (κ3) is 3.54. The minimum atomic E-state index is -4.57. The monoisotopic (exact) mass is 440 g/mol. The van der Waals surface area contributed by atoms with E-state index in [1.165, 1.54) is 6.20 Å². The highest BCUT2D eigenvalue weighted by Gasteiger charge is 2.33. The number of aromatic nitrogens is 2. The van der Waals surface area contributed by atoms with Crippen molar-refractivity contribution in [2.24, 2.45) is 4.99 Å². The predicted molar refractivity (Wildman–Crippen MR) is 99.3 cm³/mol. The molecule has 1 aliphatic rings.